The van der Waals surface area contributed by atoms with Gasteiger partial charge in [-0.25, -0.2) is 0 Å². The van der Waals surface area contributed by atoms with Crippen LogP contribution in [0.5, 0.6) is 0 Å². The Morgan fingerprint density at radius 3 is 1.14 bits per heavy atom. The van der Waals surface area contributed by atoms with Gasteiger partial charge in [0.25, 0.3) is 0 Å². The van der Waals surface area contributed by atoms with Crippen molar-refractivity contribution in [3.8, 4) is 0 Å². The second kappa shape index (κ2) is 6.03. The molecule has 4 radical (unpaired) electrons. The van der Waals surface area contributed by atoms with E-state index in [-0.39, 0.29) is 53.1 Å². The van der Waals surface area contributed by atoms with Crippen molar-refractivity contribution in [1.82, 2.24) is 0 Å². The first-order chi connectivity index (χ1) is 2.00. The summed E-state index contributed by atoms with van der Waals surface area (Å²) in [6.07, 6.45) is 0. The zero-order valence-corrected chi connectivity index (χ0v) is 11.2. The van der Waals surface area contributed by atoms with Gasteiger partial charge in [0.1, 0.15) is 0 Å². The molecule has 36 valence electrons. The Hall–Kier alpha value is 1.90. The fourth-order valence-corrected chi connectivity index (χ4v) is 0. The summed E-state index contributed by atoms with van der Waals surface area (Å²) in [7, 11) is -5.39. The molecule has 7 heteroatoms. The largest absolute Gasteiger partial charge is 3.00 e. The van der Waals surface area contributed by atoms with Crippen LogP contribution in [0.1, 0.15) is 0 Å². The molecular weight excluding hydrogens is 417 g/mol. The molecule has 0 aromatic carbocycles. The van der Waals surface area contributed by atoms with Crippen LogP contribution in [0.3, 0.4) is 0 Å². The smallest absolute Gasteiger partial charge is 0.822 e. The van der Waals surface area contributed by atoms with Gasteiger partial charge in [-0.15, -0.1) is 0 Å². The van der Waals surface area contributed by atoms with E-state index in [0.717, 1.165) is 0 Å². The molecule has 0 fully saturated rings. The summed E-state index contributed by atoms with van der Waals surface area (Å²) in [6.45, 7) is 0. The molecule has 0 N–H and O–H groups in total. The Morgan fingerprint density at radius 1 is 1.14 bits per heavy atom. The van der Waals surface area contributed by atoms with Crippen LogP contribution < -0.4 is 14.7 Å². The van der Waals surface area contributed by atoms with E-state index in [1.165, 1.54) is 0 Å². The van der Waals surface area contributed by atoms with Gasteiger partial charge >= 0.3 is 25.8 Å². The van der Waals surface area contributed by atoms with Crippen LogP contribution in [0.2, 0.25) is 0 Å². The van der Waals surface area contributed by atoms with Crippen molar-refractivity contribution in [1.29, 1.82) is 0 Å². The van der Waals surface area contributed by atoms with E-state index < -0.39 is 7.82 Å². The molecule has 4 nitrogen and oxygen atoms in total. The van der Waals surface area contributed by atoms with Crippen molar-refractivity contribution in [2.75, 3.05) is 0 Å². The van der Waals surface area contributed by atoms with Gasteiger partial charge in [0.2, 0.25) is 0 Å². The van der Waals surface area contributed by atoms with Crippen LogP contribution in [0.25, 0.3) is 0 Å². The van der Waals surface area contributed by atoms with Gasteiger partial charge in [-0.1, -0.05) is 0 Å². The number of hydrogen-bond acceptors (Lipinski definition) is 4. The van der Waals surface area contributed by atoms with Gasteiger partial charge in [-0.05, 0) is 0 Å². The van der Waals surface area contributed by atoms with E-state index in [2.05, 4.69) is 0 Å². The monoisotopic (exact) mass is 418 g/mol. The molecule has 0 aliphatic rings. The van der Waals surface area contributed by atoms with E-state index in [1.807, 2.05) is 0 Å². The molecule has 0 aromatic rings. The van der Waals surface area contributed by atoms with Crippen LogP contribution in [-0.2, 0) is 4.57 Å². The average Bonchev–Trinajstić information content (AvgIpc) is 0.722. The predicted molar refractivity (Wildman–Crippen MR) is 19.1 cm³/mol. The Bertz CT molecular complexity index is 57.8. The second-order valence-electron chi connectivity index (χ2n) is 0.447. The first-order valence-electron chi connectivity index (χ1n) is 0.730. The molecule has 0 saturated heterocycles. The maximum absolute atomic E-state index is 8.55. The van der Waals surface area contributed by atoms with Crippen LogP contribution in [-0.4, -0.2) is 53.1 Å². The SMILES string of the molecule is O=P([O-])([O-])[O-].[In+3].[Pb]. The Morgan fingerprint density at radius 2 is 1.14 bits per heavy atom. The van der Waals surface area contributed by atoms with E-state index in [0.29, 0.717) is 0 Å². The van der Waals surface area contributed by atoms with Gasteiger partial charge in [-0.3, -0.25) is 0 Å². The second-order valence-corrected chi connectivity index (χ2v) is 1.34. The average molecular weight is 417 g/mol. The molecule has 0 saturated carbocycles. The molecule has 0 atom stereocenters. The van der Waals surface area contributed by atoms with Crippen molar-refractivity contribution in [2.24, 2.45) is 0 Å². The maximum atomic E-state index is 8.55. The van der Waals surface area contributed by atoms with Gasteiger partial charge in [0.05, 0.1) is 0 Å². The first-order valence-corrected chi connectivity index (χ1v) is 2.19. The van der Waals surface area contributed by atoms with Gasteiger partial charge < -0.3 is 19.2 Å². The molecule has 0 heterocycles. The normalized spacial score (nSPS) is 8.43. The van der Waals surface area contributed by atoms with E-state index in [4.69, 9.17) is 19.2 Å². The number of phosphoric acid groups is 1. The van der Waals surface area contributed by atoms with Gasteiger partial charge in [0.15, 0.2) is 0 Å². The Balaban J connectivity index is -0.0000000800. The molecule has 0 spiro atoms. The molecule has 0 amide bonds. The summed E-state index contributed by atoms with van der Waals surface area (Å²) in [5.41, 5.74) is 0. The maximum Gasteiger partial charge on any atom is 3.00 e. The quantitative estimate of drug-likeness (QED) is 0.302. The molecule has 0 aliphatic heterocycles. The van der Waals surface area contributed by atoms with Crippen molar-refractivity contribution in [3.05, 3.63) is 0 Å². The Kier molecular flexibility index (Phi) is 13.7. The topological polar surface area (TPSA) is 86.2 Å². The zero-order valence-electron chi connectivity index (χ0n) is 3.16. The molecule has 7 heavy (non-hydrogen) atoms. The number of rotatable bonds is 0. The molecule has 0 unspecified atom stereocenters. The van der Waals surface area contributed by atoms with E-state index >= 15 is 0 Å². The van der Waals surface area contributed by atoms with Crippen molar-refractivity contribution >= 4 is 61.0 Å². The summed E-state index contributed by atoms with van der Waals surface area (Å²) in [4.78, 5) is 25.6. The fraction of sp³-hybridized carbons (Fsp3) is 0. The van der Waals surface area contributed by atoms with Crippen molar-refractivity contribution < 1.29 is 19.2 Å². The third kappa shape index (κ3) is 76.1. The summed E-state index contributed by atoms with van der Waals surface area (Å²) in [6, 6.07) is 0. The minimum absolute atomic E-state index is 0. The van der Waals surface area contributed by atoms with Crippen LogP contribution in [0.4, 0.5) is 0 Å². The molecular formula is InO4PPb. The molecule has 0 rings (SSSR count). The van der Waals surface area contributed by atoms with E-state index in [9.17, 15) is 0 Å². The summed E-state index contributed by atoms with van der Waals surface area (Å²) in [5, 5.41) is 0. The van der Waals surface area contributed by atoms with Crippen LogP contribution >= 0.6 is 7.82 Å². The summed E-state index contributed by atoms with van der Waals surface area (Å²) < 4.78 is 8.55. The fourth-order valence-electron chi connectivity index (χ4n) is 0. The molecule has 0 bridgehead atoms. The Labute approximate surface area is 79.5 Å². The van der Waals surface area contributed by atoms with E-state index in [1.54, 1.807) is 0 Å². The summed E-state index contributed by atoms with van der Waals surface area (Å²) in [5.74, 6) is 0. The van der Waals surface area contributed by atoms with Crippen molar-refractivity contribution in [2.45, 2.75) is 0 Å². The first kappa shape index (κ1) is 16.0. The van der Waals surface area contributed by atoms with Gasteiger partial charge in [0, 0.05) is 27.3 Å². The molecule has 0 aromatic heterocycles. The van der Waals surface area contributed by atoms with Crippen molar-refractivity contribution in [3.63, 3.8) is 0 Å². The third-order valence-electron chi connectivity index (χ3n) is 0. The zero-order chi connectivity index (χ0) is 4.50. The third-order valence-corrected chi connectivity index (χ3v) is 0. The van der Waals surface area contributed by atoms with Crippen LogP contribution in [0.15, 0.2) is 0 Å². The standard InChI is InChI=1S/In.H3O4P.Pb/c;1-5(2,3)4;/h;(H3,1,2,3,4);/q+3;;/p-3. The summed E-state index contributed by atoms with van der Waals surface area (Å²) >= 11 is 0. The predicted octanol–water partition coefficient (Wildman–Crippen LogP) is -3.59. The van der Waals surface area contributed by atoms with Crippen LogP contribution in [0, 0.1) is 0 Å². The number of hydrogen-bond donors (Lipinski definition) is 0. The minimum Gasteiger partial charge on any atom is -0.822 e. The molecule has 0 aliphatic carbocycles. The minimum atomic E-state index is -5.39. The van der Waals surface area contributed by atoms with Gasteiger partial charge in [-0.2, -0.15) is 7.82 Å².